The lowest BCUT2D eigenvalue weighted by Crippen LogP contribution is -2.28. The van der Waals surface area contributed by atoms with E-state index in [1.54, 1.807) is 7.11 Å². The third-order valence-corrected chi connectivity index (χ3v) is 3.39. The van der Waals surface area contributed by atoms with Crippen LogP contribution in [0.3, 0.4) is 0 Å². The molecule has 0 spiro atoms. The van der Waals surface area contributed by atoms with Gasteiger partial charge in [-0.3, -0.25) is 9.59 Å². The summed E-state index contributed by atoms with van der Waals surface area (Å²) in [5.41, 5.74) is 1.04. The third kappa shape index (κ3) is 6.72. The van der Waals surface area contributed by atoms with Gasteiger partial charge in [-0.15, -0.1) is 0 Å². The van der Waals surface area contributed by atoms with Crippen molar-refractivity contribution in [3.63, 3.8) is 0 Å². The maximum absolute atomic E-state index is 12.1. The average Bonchev–Trinajstić information content (AvgIpc) is 2.58. The number of rotatable bonds is 10. The van der Waals surface area contributed by atoms with Crippen LogP contribution in [0.5, 0.6) is 5.75 Å². The van der Waals surface area contributed by atoms with Gasteiger partial charge in [-0.25, -0.2) is 0 Å². The van der Waals surface area contributed by atoms with Crippen molar-refractivity contribution in [2.45, 2.75) is 39.5 Å². The first-order valence-corrected chi connectivity index (χ1v) is 8.08. The van der Waals surface area contributed by atoms with Gasteiger partial charge in [-0.2, -0.15) is 0 Å². The number of benzene rings is 1. The molecule has 0 aliphatic rings. The summed E-state index contributed by atoms with van der Waals surface area (Å²) < 4.78 is 15.4. The number of carbonyl (C=O) groups is 2. The average molecular weight is 322 g/mol. The zero-order chi connectivity index (χ0) is 17.1. The van der Waals surface area contributed by atoms with E-state index in [-0.39, 0.29) is 6.61 Å². The van der Waals surface area contributed by atoms with E-state index in [0.717, 1.165) is 24.2 Å². The largest absolute Gasteiger partial charge is 0.497 e. The highest BCUT2D eigenvalue weighted by Gasteiger charge is 2.28. The lowest BCUT2D eigenvalue weighted by Gasteiger charge is -2.14. The first-order valence-electron chi connectivity index (χ1n) is 8.08. The van der Waals surface area contributed by atoms with Gasteiger partial charge in [0.15, 0.2) is 5.92 Å². The Kier molecular flexibility index (Phi) is 8.80. The lowest BCUT2D eigenvalue weighted by molar-refractivity contribution is -0.162. The summed E-state index contributed by atoms with van der Waals surface area (Å²) in [4.78, 5) is 24.0. The molecule has 1 aromatic carbocycles. The van der Waals surface area contributed by atoms with Gasteiger partial charge >= 0.3 is 11.9 Å². The Balaban J connectivity index is 2.46. The van der Waals surface area contributed by atoms with Crippen LogP contribution in [0.15, 0.2) is 24.3 Å². The summed E-state index contributed by atoms with van der Waals surface area (Å²) >= 11 is 0. The van der Waals surface area contributed by atoms with Gasteiger partial charge in [0, 0.05) is 6.42 Å². The van der Waals surface area contributed by atoms with E-state index in [1.165, 1.54) is 0 Å². The molecule has 0 heterocycles. The molecule has 0 bridgehead atoms. The number of ether oxygens (including phenoxy) is 3. The summed E-state index contributed by atoms with van der Waals surface area (Å²) in [5.74, 6) is -1.01. The highest BCUT2D eigenvalue weighted by Crippen LogP contribution is 2.14. The molecular formula is C18H26O5. The van der Waals surface area contributed by atoms with Crippen molar-refractivity contribution in [3.8, 4) is 5.75 Å². The minimum Gasteiger partial charge on any atom is -0.497 e. The van der Waals surface area contributed by atoms with E-state index in [1.807, 2.05) is 38.1 Å². The zero-order valence-corrected chi connectivity index (χ0v) is 14.2. The van der Waals surface area contributed by atoms with E-state index in [9.17, 15) is 9.59 Å². The molecule has 1 rings (SSSR count). The molecule has 0 fully saturated rings. The predicted octanol–water partition coefficient (Wildman–Crippen LogP) is 3.15. The van der Waals surface area contributed by atoms with Crippen molar-refractivity contribution in [2.75, 3.05) is 20.3 Å². The molecule has 0 aliphatic carbocycles. The van der Waals surface area contributed by atoms with Crippen molar-refractivity contribution in [1.29, 1.82) is 0 Å². The second kappa shape index (κ2) is 10.6. The molecule has 128 valence electrons. The van der Waals surface area contributed by atoms with Crippen LogP contribution < -0.4 is 4.74 Å². The predicted molar refractivity (Wildman–Crippen MR) is 87.3 cm³/mol. The number of carbonyl (C=O) groups excluding carboxylic acids is 2. The smallest absolute Gasteiger partial charge is 0.320 e. The summed E-state index contributed by atoms with van der Waals surface area (Å²) in [5, 5.41) is 0. The van der Waals surface area contributed by atoms with Crippen LogP contribution in [-0.4, -0.2) is 32.3 Å². The summed E-state index contributed by atoms with van der Waals surface area (Å²) in [7, 11) is 1.61. The van der Waals surface area contributed by atoms with Crippen molar-refractivity contribution >= 4 is 11.9 Å². The monoisotopic (exact) mass is 322 g/mol. The Morgan fingerprint density at radius 2 is 1.57 bits per heavy atom. The Morgan fingerprint density at radius 1 is 0.957 bits per heavy atom. The van der Waals surface area contributed by atoms with Gasteiger partial charge in [-0.05, 0) is 30.5 Å². The summed E-state index contributed by atoms with van der Waals surface area (Å²) in [6.45, 7) is 4.41. The van der Waals surface area contributed by atoms with Crippen LogP contribution in [0.2, 0.25) is 0 Å². The molecule has 0 saturated heterocycles. The molecule has 5 nitrogen and oxygen atoms in total. The minimum atomic E-state index is -0.817. The normalized spacial score (nSPS) is 11.6. The maximum Gasteiger partial charge on any atom is 0.320 e. The van der Waals surface area contributed by atoms with Crippen molar-refractivity contribution in [2.24, 2.45) is 5.92 Å². The standard InChI is InChI=1S/C18H26O5/c1-4-6-16(17(19)22-12-5-2)18(20)23-13-11-14-7-9-15(21-3)10-8-14/h7-10,16H,4-6,11-13H2,1-3H3. The third-order valence-electron chi connectivity index (χ3n) is 3.39. The Bertz CT molecular complexity index is 481. The molecule has 0 saturated carbocycles. The topological polar surface area (TPSA) is 61.8 Å². The quantitative estimate of drug-likeness (QED) is 0.489. The minimum absolute atomic E-state index is 0.242. The van der Waals surface area contributed by atoms with Crippen molar-refractivity contribution in [1.82, 2.24) is 0 Å². The Hall–Kier alpha value is -2.04. The number of esters is 2. The maximum atomic E-state index is 12.1. The molecule has 23 heavy (non-hydrogen) atoms. The van der Waals surface area contributed by atoms with Gasteiger partial charge in [0.1, 0.15) is 5.75 Å². The first-order chi connectivity index (χ1) is 11.1. The lowest BCUT2D eigenvalue weighted by atomic mass is 10.0. The van der Waals surface area contributed by atoms with Crippen LogP contribution in [0.4, 0.5) is 0 Å². The molecule has 1 unspecified atom stereocenters. The molecule has 0 N–H and O–H groups in total. The van der Waals surface area contributed by atoms with Gasteiger partial charge in [0.2, 0.25) is 0 Å². The van der Waals surface area contributed by atoms with Crippen LogP contribution in [0.25, 0.3) is 0 Å². The molecule has 1 atom stereocenters. The molecule has 0 aliphatic heterocycles. The van der Waals surface area contributed by atoms with E-state index < -0.39 is 17.9 Å². The SMILES string of the molecule is CCCOC(=O)C(CCC)C(=O)OCCc1ccc(OC)cc1. The highest BCUT2D eigenvalue weighted by molar-refractivity contribution is 5.94. The zero-order valence-electron chi connectivity index (χ0n) is 14.2. The number of hydrogen-bond acceptors (Lipinski definition) is 5. The molecular weight excluding hydrogens is 296 g/mol. The second-order valence-electron chi connectivity index (χ2n) is 5.27. The van der Waals surface area contributed by atoms with Crippen molar-refractivity contribution in [3.05, 3.63) is 29.8 Å². The van der Waals surface area contributed by atoms with Gasteiger partial charge in [0.05, 0.1) is 20.3 Å². The van der Waals surface area contributed by atoms with E-state index in [4.69, 9.17) is 14.2 Å². The van der Waals surface area contributed by atoms with Crippen LogP contribution in [0, 0.1) is 5.92 Å². The summed E-state index contributed by atoms with van der Waals surface area (Å²) in [6.07, 6.45) is 2.50. The fourth-order valence-corrected chi connectivity index (χ4v) is 2.09. The van der Waals surface area contributed by atoms with Crippen LogP contribution in [-0.2, 0) is 25.5 Å². The molecule has 0 aromatic heterocycles. The van der Waals surface area contributed by atoms with E-state index >= 15 is 0 Å². The van der Waals surface area contributed by atoms with E-state index in [0.29, 0.717) is 19.4 Å². The van der Waals surface area contributed by atoms with Crippen molar-refractivity contribution < 1.29 is 23.8 Å². The van der Waals surface area contributed by atoms with Gasteiger partial charge in [-0.1, -0.05) is 32.4 Å². The number of methoxy groups -OCH3 is 1. The van der Waals surface area contributed by atoms with E-state index in [2.05, 4.69) is 0 Å². The molecule has 1 aromatic rings. The van der Waals surface area contributed by atoms with Gasteiger partial charge < -0.3 is 14.2 Å². The van der Waals surface area contributed by atoms with Gasteiger partial charge in [0.25, 0.3) is 0 Å². The molecule has 0 radical (unpaired) electrons. The Labute approximate surface area is 137 Å². The molecule has 0 amide bonds. The second-order valence-corrected chi connectivity index (χ2v) is 5.27. The molecule has 5 heteroatoms. The first kappa shape index (κ1) is 19.0. The fraction of sp³-hybridized carbons (Fsp3) is 0.556. The van der Waals surface area contributed by atoms with Crippen LogP contribution >= 0.6 is 0 Å². The number of hydrogen-bond donors (Lipinski definition) is 0. The Morgan fingerprint density at radius 3 is 2.09 bits per heavy atom. The summed E-state index contributed by atoms with van der Waals surface area (Å²) in [6, 6.07) is 7.57. The van der Waals surface area contributed by atoms with Crippen LogP contribution in [0.1, 0.15) is 38.7 Å². The highest BCUT2D eigenvalue weighted by atomic mass is 16.6. The fourth-order valence-electron chi connectivity index (χ4n) is 2.09.